The molecular formula is C10H9F2IN4. The normalized spacial score (nSPS) is 9.35. The van der Waals surface area contributed by atoms with Crippen LogP contribution in [0.4, 0.5) is 20.4 Å². The molecule has 0 radical (unpaired) electrons. The van der Waals surface area contributed by atoms with Crippen LogP contribution in [0.25, 0.3) is 0 Å². The molecule has 0 aliphatic heterocycles. The van der Waals surface area contributed by atoms with Gasteiger partial charge >= 0.3 is 0 Å². The zero-order chi connectivity index (χ0) is 12.8. The van der Waals surface area contributed by atoms with Crippen LogP contribution in [0.2, 0.25) is 0 Å². The summed E-state index contributed by atoms with van der Waals surface area (Å²) in [5.74, 6) is -0.00352. The third-order valence-electron chi connectivity index (χ3n) is 1.59. The number of hydrogen-bond acceptors (Lipinski definition) is 4. The Hall–Kier alpha value is -1.51. The van der Waals surface area contributed by atoms with E-state index in [1.807, 2.05) is 22.6 Å². The molecule has 0 amide bonds. The zero-order valence-corrected chi connectivity index (χ0v) is 10.7. The van der Waals surface area contributed by atoms with Gasteiger partial charge in [0.1, 0.15) is 23.3 Å². The Morgan fingerprint density at radius 2 is 1.65 bits per heavy atom. The molecule has 4 nitrogen and oxygen atoms in total. The van der Waals surface area contributed by atoms with Crippen LogP contribution in [0.15, 0.2) is 30.6 Å². The van der Waals surface area contributed by atoms with E-state index >= 15 is 0 Å². The number of halogens is 3. The number of pyridine rings is 2. The minimum absolute atomic E-state index is 0.339. The van der Waals surface area contributed by atoms with Gasteiger partial charge in [0.2, 0.25) is 0 Å². The van der Waals surface area contributed by atoms with Crippen LogP contribution in [-0.2, 0) is 0 Å². The molecule has 0 saturated carbocycles. The van der Waals surface area contributed by atoms with Crippen molar-refractivity contribution in [2.24, 2.45) is 0 Å². The van der Waals surface area contributed by atoms with E-state index in [0.29, 0.717) is 15.2 Å². The fraction of sp³-hybridized carbons (Fsp3) is 0. The maximum Gasteiger partial charge on any atom is 0.142 e. The SMILES string of the molecule is Nc1ccc(F)cn1.Nc1ncc(F)cc1I. The first kappa shape index (κ1) is 13.6. The highest BCUT2D eigenvalue weighted by molar-refractivity contribution is 14.1. The number of nitrogen functional groups attached to an aromatic ring is 2. The molecule has 2 aromatic rings. The highest BCUT2D eigenvalue weighted by Crippen LogP contribution is 2.11. The Morgan fingerprint density at radius 1 is 1.00 bits per heavy atom. The molecule has 2 rings (SSSR count). The van der Waals surface area contributed by atoms with Crippen LogP contribution >= 0.6 is 22.6 Å². The highest BCUT2D eigenvalue weighted by atomic mass is 127. The van der Waals surface area contributed by atoms with E-state index in [2.05, 4.69) is 9.97 Å². The Bertz CT molecular complexity index is 469. The quantitative estimate of drug-likeness (QED) is 0.715. The average molecular weight is 350 g/mol. The van der Waals surface area contributed by atoms with Gasteiger partial charge in [-0.1, -0.05) is 0 Å². The van der Waals surface area contributed by atoms with Crippen molar-refractivity contribution in [3.05, 3.63) is 45.8 Å². The van der Waals surface area contributed by atoms with Crippen LogP contribution in [-0.4, -0.2) is 9.97 Å². The second kappa shape index (κ2) is 6.28. The van der Waals surface area contributed by atoms with Crippen molar-refractivity contribution in [3.8, 4) is 0 Å². The first-order chi connectivity index (χ1) is 7.99. The van der Waals surface area contributed by atoms with E-state index in [0.717, 1.165) is 12.4 Å². The topological polar surface area (TPSA) is 77.8 Å². The van der Waals surface area contributed by atoms with Gasteiger partial charge in [-0.25, -0.2) is 18.7 Å². The number of nitrogens with zero attached hydrogens (tertiary/aromatic N) is 2. The fourth-order valence-electron chi connectivity index (χ4n) is 0.812. The standard InChI is InChI=1S/C5H4FIN2.C5H5FN2/c6-3-1-4(7)5(8)9-2-3;6-4-1-2-5(7)8-3-4/h1-2H,(H2,8,9);1-3H,(H2,7,8). The van der Waals surface area contributed by atoms with Gasteiger partial charge in [-0.3, -0.25) is 0 Å². The second-order valence-electron chi connectivity index (χ2n) is 2.92. The minimum atomic E-state index is -0.362. The van der Waals surface area contributed by atoms with Crippen molar-refractivity contribution in [1.29, 1.82) is 0 Å². The van der Waals surface area contributed by atoms with Crippen molar-refractivity contribution in [2.75, 3.05) is 11.5 Å². The molecule has 0 bridgehead atoms. The van der Waals surface area contributed by atoms with Gasteiger partial charge in [-0.05, 0) is 40.8 Å². The first-order valence-electron chi connectivity index (χ1n) is 4.42. The molecule has 0 saturated heterocycles. The van der Waals surface area contributed by atoms with Gasteiger partial charge in [0, 0.05) is 0 Å². The summed E-state index contributed by atoms with van der Waals surface area (Å²) in [7, 11) is 0. The third kappa shape index (κ3) is 4.89. The molecule has 4 N–H and O–H groups in total. The summed E-state index contributed by atoms with van der Waals surface area (Å²) in [4.78, 5) is 7.06. The predicted molar refractivity (Wildman–Crippen MR) is 69.9 cm³/mol. The van der Waals surface area contributed by atoms with Gasteiger partial charge in [-0.15, -0.1) is 0 Å². The lowest BCUT2D eigenvalue weighted by molar-refractivity contribution is 0.620. The Morgan fingerprint density at radius 3 is 2.06 bits per heavy atom. The molecule has 0 atom stereocenters. The first-order valence-corrected chi connectivity index (χ1v) is 5.50. The monoisotopic (exact) mass is 350 g/mol. The zero-order valence-electron chi connectivity index (χ0n) is 8.57. The predicted octanol–water partition coefficient (Wildman–Crippen LogP) is 2.21. The van der Waals surface area contributed by atoms with E-state index in [1.54, 1.807) is 0 Å². The summed E-state index contributed by atoms with van der Waals surface area (Å²) in [6.07, 6.45) is 2.17. The van der Waals surface area contributed by atoms with Crippen molar-refractivity contribution in [3.63, 3.8) is 0 Å². The lowest BCUT2D eigenvalue weighted by Gasteiger charge is -1.93. The van der Waals surface area contributed by atoms with E-state index in [9.17, 15) is 8.78 Å². The molecule has 2 aromatic heterocycles. The van der Waals surface area contributed by atoms with E-state index in [1.165, 1.54) is 18.2 Å². The van der Waals surface area contributed by atoms with Gasteiger partial charge < -0.3 is 11.5 Å². The molecule has 2 heterocycles. The van der Waals surface area contributed by atoms with Crippen molar-refractivity contribution in [1.82, 2.24) is 9.97 Å². The summed E-state index contributed by atoms with van der Waals surface area (Å²) in [5.41, 5.74) is 10.5. The van der Waals surface area contributed by atoms with Gasteiger partial charge in [0.25, 0.3) is 0 Å². The molecule has 0 spiro atoms. The molecule has 90 valence electrons. The summed E-state index contributed by atoms with van der Waals surface area (Å²) in [6, 6.07) is 4.01. The summed E-state index contributed by atoms with van der Waals surface area (Å²) in [5, 5.41) is 0. The molecule has 0 aliphatic rings. The molecule has 0 aliphatic carbocycles. The van der Waals surface area contributed by atoms with E-state index < -0.39 is 0 Å². The number of anilines is 2. The van der Waals surface area contributed by atoms with Crippen LogP contribution in [0.3, 0.4) is 0 Å². The lowest BCUT2D eigenvalue weighted by atomic mass is 10.5. The van der Waals surface area contributed by atoms with Crippen LogP contribution in [0.5, 0.6) is 0 Å². The number of hydrogen-bond donors (Lipinski definition) is 2. The number of nitrogens with two attached hydrogens (primary N) is 2. The van der Waals surface area contributed by atoms with Crippen molar-refractivity contribution in [2.45, 2.75) is 0 Å². The summed E-state index contributed by atoms with van der Waals surface area (Å²) < 4.78 is 24.8. The molecule has 17 heavy (non-hydrogen) atoms. The van der Waals surface area contributed by atoms with Gasteiger partial charge in [0.05, 0.1) is 16.0 Å². The minimum Gasteiger partial charge on any atom is -0.384 e. The second-order valence-corrected chi connectivity index (χ2v) is 4.08. The molecular weight excluding hydrogens is 341 g/mol. The van der Waals surface area contributed by atoms with E-state index in [-0.39, 0.29) is 11.6 Å². The summed E-state index contributed by atoms with van der Waals surface area (Å²) in [6.45, 7) is 0. The molecule has 7 heteroatoms. The van der Waals surface area contributed by atoms with Crippen LogP contribution in [0, 0.1) is 15.2 Å². The van der Waals surface area contributed by atoms with E-state index in [4.69, 9.17) is 11.5 Å². The lowest BCUT2D eigenvalue weighted by Crippen LogP contribution is -1.93. The Labute approximate surface area is 110 Å². The number of rotatable bonds is 0. The molecule has 0 fully saturated rings. The Kier molecular flexibility index (Phi) is 5.01. The Balaban J connectivity index is 0.000000171. The third-order valence-corrected chi connectivity index (χ3v) is 2.45. The van der Waals surface area contributed by atoms with Crippen molar-refractivity contribution < 1.29 is 8.78 Å². The van der Waals surface area contributed by atoms with Gasteiger partial charge in [-0.2, -0.15) is 0 Å². The van der Waals surface area contributed by atoms with Crippen LogP contribution in [0.1, 0.15) is 0 Å². The largest absolute Gasteiger partial charge is 0.384 e. The molecule has 0 aromatic carbocycles. The summed E-state index contributed by atoms with van der Waals surface area (Å²) >= 11 is 1.92. The van der Waals surface area contributed by atoms with Gasteiger partial charge in [0.15, 0.2) is 0 Å². The maximum atomic E-state index is 12.2. The van der Waals surface area contributed by atoms with Crippen molar-refractivity contribution >= 4 is 34.2 Å². The molecule has 0 unspecified atom stereocenters. The smallest absolute Gasteiger partial charge is 0.142 e. The maximum absolute atomic E-state index is 12.2. The fourth-order valence-corrected chi connectivity index (χ4v) is 1.25. The van der Waals surface area contributed by atoms with Crippen LogP contribution < -0.4 is 11.5 Å². The highest BCUT2D eigenvalue weighted by Gasteiger charge is 1.95. The number of aromatic nitrogens is 2. The average Bonchev–Trinajstić information content (AvgIpc) is 2.29.